The summed E-state index contributed by atoms with van der Waals surface area (Å²) in [5.41, 5.74) is 0.927. The van der Waals surface area contributed by atoms with Gasteiger partial charge in [0.15, 0.2) is 0 Å². The Balaban J connectivity index is 2.34. The molecule has 3 nitrogen and oxygen atoms in total. The molecule has 0 aliphatic heterocycles. The molecule has 0 spiro atoms. The first-order valence-corrected chi connectivity index (χ1v) is 5.22. The highest BCUT2D eigenvalue weighted by Gasteiger charge is 2.02. The van der Waals surface area contributed by atoms with E-state index in [9.17, 15) is 0 Å². The second-order valence-electron chi connectivity index (χ2n) is 3.04. The molecule has 0 radical (unpaired) electrons. The van der Waals surface area contributed by atoms with Crippen molar-refractivity contribution in [1.29, 1.82) is 0 Å². The van der Waals surface area contributed by atoms with E-state index in [4.69, 9.17) is 9.47 Å². The van der Waals surface area contributed by atoms with Crippen molar-refractivity contribution in [3.8, 4) is 0 Å². The molecular formula is C10H14BrNO2. The number of halogens is 1. The molecule has 1 aromatic heterocycles. The van der Waals surface area contributed by atoms with E-state index in [0.717, 1.165) is 10.2 Å². The average Bonchev–Trinajstić information content (AvgIpc) is 2.17. The molecule has 0 aliphatic rings. The van der Waals surface area contributed by atoms with Crippen molar-refractivity contribution in [3.63, 3.8) is 0 Å². The summed E-state index contributed by atoms with van der Waals surface area (Å²) in [5.74, 6) is 0. The zero-order chi connectivity index (χ0) is 10.4. The molecule has 14 heavy (non-hydrogen) atoms. The summed E-state index contributed by atoms with van der Waals surface area (Å²) in [4.78, 5) is 4.20. The van der Waals surface area contributed by atoms with Crippen LogP contribution in [-0.2, 0) is 16.1 Å². The van der Waals surface area contributed by atoms with Gasteiger partial charge in [-0.1, -0.05) is 0 Å². The molecule has 0 aromatic carbocycles. The smallest absolute Gasteiger partial charge is 0.0892 e. The molecule has 1 heterocycles. The van der Waals surface area contributed by atoms with Crippen LogP contribution in [0.3, 0.4) is 0 Å². The normalized spacial score (nSPS) is 12.8. The highest BCUT2D eigenvalue weighted by Crippen LogP contribution is 2.08. The predicted molar refractivity (Wildman–Crippen MR) is 58.1 cm³/mol. The third-order valence-corrected chi connectivity index (χ3v) is 2.17. The first-order chi connectivity index (χ1) is 6.72. The molecule has 1 rings (SSSR count). The molecule has 0 N–H and O–H groups in total. The SMILES string of the molecule is COCC(C)OCc1ccc(Br)cn1. The number of rotatable bonds is 5. The maximum Gasteiger partial charge on any atom is 0.0892 e. The maximum absolute atomic E-state index is 5.51. The van der Waals surface area contributed by atoms with Crippen molar-refractivity contribution in [2.45, 2.75) is 19.6 Å². The van der Waals surface area contributed by atoms with Crippen LogP contribution in [0.1, 0.15) is 12.6 Å². The lowest BCUT2D eigenvalue weighted by molar-refractivity contribution is -0.00137. The van der Waals surface area contributed by atoms with Crippen LogP contribution in [0.4, 0.5) is 0 Å². The quantitative estimate of drug-likeness (QED) is 0.814. The van der Waals surface area contributed by atoms with Gasteiger partial charge >= 0.3 is 0 Å². The number of nitrogens with zero attached hydrogens (tertiary/aromatic N) is 1. The molecular weight excluding hydrogens is 246 g/mol. The standard InChI is InChI=1S/C10H14BrNO2/c1-8(6-13-2)14-7-10-4-3-9(11)5-12-10/h3-5,8H,6-7H2,1-2H3. The first-order valence-electron chi connectivity index (χ1n) is 4.43. The Bertz CT molecular complexity index is 263. The van der Waals surface area contributed by atoms with Crippen molar-refractivity contribution in [3.05, 3.63) is 28.5 Å². The average molecular weight is 260 g/mol. The summed E-state index contributed by atoms with van der Waals surface area (Å²) >= 11 is 3.33. The minimum atomic E-state index is 0.102. The molecule has 0 saturated heterocycles. The van der Waals surface area contributed by atoms with Crippen molar-refractivity contribution < 1.29 is 9.47 Å². The molecule has 1 atom stereocenters. The van der Waals surface area contributed by atoms with Gasteiger partial charge in [-0.2, -0.15) is 0 Å². The molecule has 78 valence electrons. The van der Waals surface area contributed by atoms with Gasteiger partial charge in [-0.3, -0.25) is 4.98 Å². The van der Waals surface area contributed by atoms with Crippen molar-refractivity contribution in [1.82, 2.24) is 4.98 Å². The third-order valence-electron chi connectivity index (χ3n) is 1.71. The lowest BCUT2D eigenvalue weighted by Gasteiger charge is -2.11. The topological polar surface area (TPSA) is 31.4 Å². The largest absolute Gasteiger partial charge is 0.382 e. The molecule has 0 bridgehead atoms. The van der Waals surface area contributed by atoms with E-state index < -0.39 is 0 Å². The Morgan fingerprint density at radius 2 is 2.29 bits per heavy atom. The maximum atomic E-state index is 5.51. The summed E-state index contributed by atoms with van der Waals surface area (Å²) in [7, 11) is 1.66. The minimum Gasteiger partial charge on any atom is -0.382 e. The zero-order valence-corrected chi connectivity index (χ0v) is 9.95. The number of ether oxygens (including phenoxy) is 2. The molecule has 1 aromatic rings. The monoisotopic (exact) mass is 259 g/mol. The highest BCUT2D eigenvalue weighted by molar-refractivity contribution is 9.10. The molecule has 1 unspecified atom stereocenters. The minimum absolute atomic E-state index is 0.102. The van der Waals surface area contributed by atoms with Crippen LogP contribution in [0.2, 0.25) is 0 Å². The van der Waals surface area contributed by atoms with Crippen LogP contribution < -0.4 is 0 Å². The summed E-state index contributed by atoms with van der Waals surface area (Å²) in [6.45, 7) is 3.11. The van der Waals surface area contributed by atoms with Crippen LogP contribution >= 0.6 is 15.9 Å². The second kappa shape index (κ2) is 6.11. The third kappa shape index (κ3) is 4.17. The lowest BCUT2D eigenvalue weighted by Crippen LogP contribution is -2.14. The fourth-order valence-corrected chi connectivity index (χ4v) is 1.24. The Morgan fingerprint density at radius 3 is 2.86 bits per heavy atom. The van der Waals surface area contributed by atoms with Crippen LogP contribution in [0.5, 0.6) is 0 Å². The van der Waals surface area contributed by atoms with E-state index >= 15 is 0 Å². The van der Waals surface area contributed by atoms with Gasteiger partial charge in [0.05, 0.1) is 25.0 Å². The number of hydrogen-bond donors (Lipinski definition) is 0. The highest BCUT2D eigenvalue weighted by atomic mass is 79.9. The second-order valence-corrected chi connectivity index (χ2v) is 3.96. The molecule has 0 fully saturated rings. The fourth-order valence-electron chi connectivity index (χ4n) is 1.00. The number of pyridine rings is 1. The van der Waals surface area contributed by atoms with Gasteiger partial charge < -0.3 is 9.47 Å². The van der Waals surface area contributed by atoms with Crippen LogP contribution in [-0.4, -0.2) is 24.8 Å². The van der Waals surface area contributed by atoms with E-state index in [1.165, 1.54) is 0 Å². The van der Waals surface area contributed by atoms with Crippen molar-refractivity contribution in [2.24, 2.45) is 0 Å². The molecule has 4 heteroatoms. The number of hydrogen-bond acceptors (Lipinski definition) is 3. The van der Waals surface area contributed by atoms with E-state index in [1.54, 1.807) is 13.3 Å². The summed E-state index contributed by atoms with van der Waals surface area (Å²) in [5, 5.41) is 0. The van der Waals surface area contributed by atoms with Gasteiger partial charge in [-0.05, 0) is 35.0 Å². The van der Waals surface area contributed by atoms with Gasteiger partial charge in [-0.15, -0.1) is 0 Å². The molecule has 0 saturated carbocycles. The van der Waals surface area contributed by atoms with Crippen LogP contribution in [0.15, 0.2) is 22.8 Å². The Hall–Kier alpha value is -0.450. The molecule has 0 amide bonds. The summed E-state index contributed by atoms with van der Waals surface area (Å²) in [6, 6.07) is 3.89. The van der Waals surface area contributed by atoms with E-state index in [2.05, 4.69) is 20.9 Å². The fraction of sp³-hybridized carbons (Fsp3) is 0.500. The number of methoxy groups -OCH3 is 1. The Morgan fingerprint density at radius 1 is 1.50 bits per heavy atom. The van der Waals surface area contributed by atoms with E-state index in [1.807, 2.05) is 19.1 Å². The van der Waals surface area contributed by atoms with E-state index in [-0.39, 0.29) is 6.10 Å². The Kier molecular flexibility index (Phi) is 5.07. The van der Waals surface area contributed by atoms with Gasteiger partial charge in [0.1, 0.15) is 0 Å². The Labute approximate surface area is 92.6 Å². The van der Waals surface area contributed by atoms with Crippen LogP contribution in [0, 0.1) is 0 Å². The lowest BCUT2D eigenvalue weighted by atomic mass is 10.3. The van der Waals surface area contributed by atoms with Crippen LogP contribution in [0.25, 0.3) is 0 Å². The summed E-state index contributed by atoms with van der Waals surface area (Å²) < 4.78 is 11.4. The first kappa shape index (κ1) is 11.6. The van der Waals surface area contributed by atoms with Crippen molar-refractivity contribution in [2.75, 3.05) is 13.7 Å². The van der Waals surface area contributed by atoms with Gasteiger partial charge in [-0.25, -0.2) is 0 Å². The van der Waals surface area contributed by atoms with Gasteiger partial charge in [0, 0.05) is 17.8 Å². The van der Waals surface area contributed by atoms with Gasteiger partial charge in [0.25, 0.3) is 0 Å². The molecule has 0 aliphatic carbocycles. The van der Waals surface area contributed by atoms with Crippen molar-refractivity contribution >= 4 is 15.9 Å². The number of aromatic nitrogens is 1. The zero-order valence-electron chi connectivity index (χ0n) is 8.37. The predicted octanol–water partition coefficient (Wildman–Crippen LogP) is 2.40. The van der Waals surface area contributed by atoms with Gasteiger partial charge in [0.2, 0.25) is 0 Å². The van der Waals surface area contributed by atoms with E-state index in [0.29, 0.717) is 13.2 Å². The summed E-state index contributed by atoms with van der Waals surface area (Å²) in [6.07, 6.45) is 1.87.